The summed E-state index contributed by atoms with van der Waals surface area (Å²) in [6, 6.07) is 10.2. The van der Waals surface area contributed by atoms with Gasteiger partial charge in [0.2, 0.25) is 0 Å². The van der Waals surface area contributed by atoms with Crippen molar-refractivity contribution in [2.75, 3.05) is 19.6 Å². The Kier molecular flexibility index (Phi) is 7.77. The molecule has 0 bridgehead atoms. The van der Waals surface area contributed by atoms with E-state index in [-0.39, 0.29) is 17.6 Å². The van der Waals surface area contributed by atoms with E-state index >= 15 is 0 Å². The third kappa shape index (κ3) is 6.08. The number of nitriles is 1. The zero-order valence-electron chi connectivity index (χ0n) is 18.3. The Morgan fingerprint density at radius 3 is 2.66 bits per heavy atom. The van der Waals surface area contributed by atoms with Gasteiger partial charge in [0.1, 0.15) is 23.7 Å². The molecule has 1 N–H and O–H groups in total. The third-order valence-corrected chi connectivity index (χ3v) is 7.54. The number of benzene rings is 1. The predicted molar refractivity (Wildman–Crippen MR) is 123 cm³/mol. The van der Waals surface area contributed by atoms with Gasteiger partial charge in [0.05, 0.1) is 10.4 Å². The number of amides is 1. The highest BCUT2D eigenvalue weighted by Crippen LogP contribution is 2.28. The maximum absolute atomic E-state index is 13.3. The molecule has 1 saturated heterocycles. The zero-order chi connectivity index (χ0) is 22.3. The first-order valence-corrected chi connectivity index (χ1v) is 12.4. The summed E-state index contributed by atoms with van der Waals surface area (Å²) in [5, 5.41) is 14.3. The Balaban J connectivity index is 1.13. The van der Waals surface area contributed by atoms with E-state index < -0.39 is 5.82 Å². The highest BCUT2D eigenvalue weighted by atomic mass is 32.1. The van der Waals surface area contributed by atoms with Crippen LogP contribution in [0.15, 0.2) is 35.7 Å². The number of thiophene rings is 1. The SMILES string of the molecule is N#Cc1cc(F)ccc1OC1CCN(CCC2CCC(NC(=O)c3cccs3)CC2)CC1. The van der Waals surface area contributed by atoms with Crippen LogP contribution < -0.4 is 10.1 Å². The molecule has 0 radical (unpaired) electrons. The second kappa shape index (κ2) is 10.9. The van der Waals surface area contributed by atoms with E-state index in [1.807, 2.05) is 23.6 Å². The highest BCUT2D eigenvalue weighted by Gasteiger charge is 2.25. The van der Waals surface area contributed by atoms with Crippen molar-refractivity contribution in [3.05, 3.63) is 52.0 Å². The smallest absolute Gasteiger partial charge is 0.261 e. The van der Waals surface area contributed by atoms with Gasteiger partial charge in [0, 0.05) is 19.1 Å². The number of nitrogens with one attached hydrogen (secondary N) is 1. The van der Waals surface area contributed by atoms with E-state index in [0.29, 0.717) is 11.8 Å². The van der Waals surface area contributed by atoms with Gasteiger partial charge in [-0.05, 0) is 87.1 Å². The first kappa shape index (κ1) is 22.8. The molecule has 0 spiro atoms. The molecule has 5 nitrogen and oxygen atoms in total. The Labute approximate surface area is 193 Å². The summed E-state index contributed by atoms with van der Waals surface area (Å²) >= 11 is 1.49. The van der Waals surface area contributed by atoms with Crippen molar-refractivity contribution in [3.8, 4) is 11.8 Å². The van der Waals surface area contributed by atoms with Gasteiger partial charge in [0.15, 0.2) is 0 Å². The van der Waals surface area contributed by atoms with Crippen LogP contribution in [0.2, 0.25) is 0 Å². The van der Waals surface area contributed by atoms with Gasteiger partial charge in [0.25, 0.3) is 5.91 Å². The maximum Gasteiger partial charge on any atom is 0.261 e. The molecule has 4 rings (SSSR count). The fraction of sp³-hybridized carbons (Fsp3) is 0.520. The summed E-state index contributed by atoms with van der Waals surface area (Å²) in [5.74, 6) is 0.866. The lowest BCUT2D eigenvalue weighted by atomic mass is 9.84. The van der Waals surface area contributed by atoms with E-state index in [1.165, 1.54) is 42.7 Å². The Hall–Kier alpha value is -2.43. The molecule has 1 aromatic carbocycles. The molecule has 1 aliphatic carbocycles. The van der Waals surface area contributed by atoms with E-state index in [1.54, 1.807) is 6.07 Å². The summed E-state index contributed by atoms with van der Waals surface area (Å²) in [4.78, 5) is 15.5. The summed E-state index contributed by atoms with van der Waals surface area (Å²) in [6.45, 7) is 3.07. The standard InChI is InChI=1S/C25H30FN3O2S/c26-20-5-8-23(19(16-20)17-27)31-22-10-13-29(14-11-22)12-9-18-3-6-21(7-4-18)28-25(30)24-2-1-15-32-24/h1-2,5,8,15-16,18,21-22H,3-4,6-7,9-14H2,(H,28,30). The van der Waals surface area contributed by atoms with E-state index in [4.69, 9.17) is 4.74 Å². The number of carbonyl (C=O) groups is 1. The maximum atomic E-state index is 13.3. The lowest BCUT2D eigenvalue weighted by Gasteiger charge is -2.34. The van der Waals surface area contributed by atoms with Crippen molar-refractivity contribution in [1.29, 1.82) is 5.26 Å². The van der Waals surface area contributed by atoms with Gasteiger partial charge in [-0.15, -0.1) is 11.3 Å². The third-order valence-electron chi connectivity index (χ3n) is 6.67. The minimum absolute atomic E-state index is 0.0658. The van der Waals surface area contributed by atoms with Gasteiger partial charge in [-0.25, -0.2) is 4.39 Å². The number of carbonyl (C=O) groups excluding carboxylic acids is 1. The molecular weight excluding hydrogens is 425 g/mol. The van der Waals surface area contributed by atoms with Crippen molar-refractivity contribution in [2.45, 2.75) is 57.1 Å². The monoisotopic (exact) mass is 455 g/mol. The second-order valence-corrected chi connectivity index (χ2v) is 9.82. The van der Waals surface area contributed by atoms with Crippen LogP contribution >= 0.6 is 11.3 Å². The average molecular weight is 456 g/mol. The fourth-order valence-corrected chi connectivity index (χ4v) is 5.37. The van der Waals surface area contributed by atoms with Crippen LogP contribution in [-0.4, -0.2) is 42.6 Å². The van der Waals surface area contributed by atoms with Gasteiger partial charge < -0.3 is 15.0 Å². The number of likely N-dealkylation sites (tertiary alicyclic amines) is 1. The number of hydrogen-bond donors (Lipinski definition) is 1. The minimum Gasteiger partial charge on any atom is -0.489 e. The lowest BCUT2D eigenvalue weighted by molar-refractivity contribution is 0.0899. The number of rotatable bonds is 7. The molecule has 32 heavy (non-hydrogen) atoms. The van der Waals surface area contributed by atoms with E-state index in [2.05, 4.69) is 10.2 Å². The van der Waals surface area contributed by atoms with Gasteiger partial charge >= 0.3 is 0 Å². The number of ether oxygens (including phenoxy) is 1. The van der Waals surface area contributed by atoms with E-state index in [9.17, 15) is 14.4 Å². The van der Waals surface area contributed by atoms with Crippen LogP contribution in [0, 0.1) is 23.1 Å². The van der Waals surface area contributed by atoms with Gasteiger partial charge in [-0.2, -0.15) is 5.26 Å². The molecule has 2 fully saturated rings. The van der Waals surface area contributed by atoms with Crippen molar-refractivity contribution in [3.63, 3.8) is 0 Å². The molecule has 1 aromatic heterocycles. The molecule has 1 saturated carbocycles. The zero-order valence-corrected chi connectivity index (χ0v) is 19.1. The molecular formula is C25H30FN3O2S. The van der Waals surface area contributed by atoms with Crippen LogP contribution in [0.3, 0.4) is 0 Å². The summed E-state index contributed by atoms with van der Waals surface area (Å²) < 4.78 is 19.3. The van der Waals surface area contributed by atoms with Crippen LogP contribution in [0.4, 0.5) is 4.39 Å². The van der Waals surface area contributed by atoms with Crippen LogP contribution in [0.1, 0.15) is 60.2 Å². The largest absolute Gasteiger partial charge is 0.489 e. The Morgan fingerprint density at radius 2 is 1.97 bits per heavy atom. The summed E-state index contributed by atoms with van der Waals surface area (Å²) in [6.07, 6.45) is 7.60. The molecule has 0 unspecified atom stereocenters. The first-order valence-electron chi connectivity index (χ1n) is 11.5. The number of nitrogens with zero attached hydrogens (tertiary/aromatic N) is 2. The first-order chi connectivity index (χ1) is 15.6. The predicted octanol–water partition coefficient (Wildman–Crippen LogP) is 4.98. The van der Waals surface area contributed by atoms with Crippen molar-refractivity contribution >= 4 is 17.2 Å². The lowest BCUT2D eigenvalue weighted by Crippen LogP contribution is -2.40. The number of piperidine rings is 1. The Morgan fingerprint density at radius 1 is 1.19 bits per heavy atom. The quantitative estimate of drug-likeness (QED) is 0.639. The topological polar surface area (TPSA) is 65.4 Å². The molecule has 1 amide bonds. The van der Waals surface area contributed by atoms with Crippen molar-refractivity contribution < 1.29 is 13.9 Å². The van der Waals surface area contributed by atoms with Crippen LogP contribution in [-0.2, 0) is 0 Å². The number of halogens is 1. The molecule has 2 aromatic rings. The summed E-state index contributed by atoms with van der Waals surface area (Å²) in [7, 11) is 0. The van der Waals surface area contributed by atoms with Gasteiger partial charge in [-0.1, -0.05) is 6.07 Å². The Bertz CT molecular complexity index is 927. The molecule has 1 aliphatic heterocycles. The summed E-state index contributed by atoms with van der Waals surface area (Å²) in [5.41, 5.74) is 0.259. The van der Waals surface area contributed by atoms with E-state index in [0.717, 1.165) is 56.1 Å². The average Bonchev–Trinajstić information content (AvgIpc) is 3.36. The van der Waals surface area contributed by atoms with Crippen molar-refractivity contribution in [2.24, 2.45) is 5.92 Å². The van der Waals surface area contributed by atoms with Crippen molar-refractivity contribution in [1.82, 2.24) is 10.2 Å². The van der Waals surface area contributed by atoms with Crippen LogP contribution in [0.5, 0.6) is 5.75 Å². The molecule has 2 heterocycles. The molecule has 0 atom stereocenters. The van der Waals surface area contributed by atoms with Crippen LogP contribution in [0.25, 0.3) is 0 Å². The second-order valence-electron chi connectivity index (χ2n) is 8.87. The normalized spacial score (nSPS) is 22.2. The molecule has 170 valence electrons. The fourth-order valence-electron chi connectivity index (χ4n) is 4.75. The van der Waals surface area contributed by atoms with Gasteiger partial charge in [-0.3, -0.25) is 4.79 Å². The molecule has 7 heteroatoms. The minimum atomic E-state index is -0.414. The number of hydrogen-bond acceptors (Lipinski definition) is 5. The highest BCUT2D eigenvalue weighted by molar-refractivity contribution is 7.12. The molecule has 2 aliphatic rings.